The lowest BCUT2D eigenvalue weighted by molar-refractivity contribution is 0.0567. The first-order valence-corrected chi connectivity index (χ1v) is 8.87. The quantitative estimate of drug-likeness (QED) is 0.886. The van der Waals surface area contributed by atoms with Gasteiger partial charge in [-0.15, -0.1) is 12.4 Å². The zero-order valence-electron chi connectivity index (χ0n) is 14.7. The summed E-state index contributed by atoms with van der Waals surface area (Å²) in [5.41, 5.74) is 6.56. The highest BCUT2D eigenvalue weighted by atomic mass is 35.5. The van der Waals surface area contributed by atoms with E-state index in [-0.39, 0.29) is 30.3 Å². The molecule has 2 N–H and O–H groups in total. The molecule has 0 radical (unpaired) electrons. The molecule has 6 nitrogen and oxygen atoms in total. The van der Waals surface area contributed by atoms with Crippen molar-refractivity contribution in [2.24, 2.45) is 11.7 Å². The van der Waals surface area contributed by atoms with Gasteiger partial charge < -0.3 is 15.5 Å². The molecule has 0 saturated carbocycles. The Morgan fingerprint density at radius 3 is 2.44 bits per heavy atom. The summed E-state index contributed by atoms with van der Waals surface area (Å²) in [5.74, 6) is 0.386. The van der Waals surface area contributed by atoms with Crippen molar-refractivity contribution in [3.05, 3.63) is 29.6 Å². The van der Waals surface area contributed by atoms with Crippen LogP contribution in [0, 0.1) is 5.92 Å². The van der Waals surface area contributed by atoms with Gasteiger partial charge in [0.1, 0.15) is 11.4 Å². The Balaban J connectivity index is 0.00000225. The highest BCUT2D eigenvalue weighted by Gasteiger charge is 2.30. The van der Waals surface area contributed by atoms with Crippen LogP contribution < -0.4 is 5.73 Å². The highest BCUT2D eigenvalue weighted by molar-refractivity contribution is 5.96. The van der Waals surface area contributed by atoms with Crippen molar-refractivity contribution in [3.8, 4) is 0 Å². The summed E-state index contributed by atoms with van der Waals surface area (Å²) in [6, 6.07) is 5.18. The molecule has 2 atom stereocenters. The zero-order valence-corrected chi connectivity index (χ0v) is 15.5. The van der Waals surface area contributed by atoms with Crippen LogP contribution in [-0.2, 0) is 0 Å². The second kappa shape index (κ2) is 8.63. The molecule has 2 fully saturated rings. The van der Waals surface area contributed by atoms with Crippen molar-refractivity contribution < 1.29 is 9.59 Å². The van der Waals surface area contributed by atoms with E-state index in [1.54, 1.807) is 18.2 Å². The van der Waals surface area contributed by atoms with E-state index in [4.69, 9.17) is 5.73 Å². The number of hydrogen-bond donors (Lipinski definition) is 1. The lowest BCUT2D eigenvalue weighted by Gasteiger charge is -2.37. The van der Waals surface area contributed by atoms with Crippen molar-refractivity contribution in [1.29, 1.82) is 0 Å². The number of hydrogen-bond acceptors (Lipinski definition) is 4. The maximum absolute atomic E-state index is 12.9. The van der Waals surface area contributed by atoms with Gasteiger partial charge in [-0.05, 0) is 43.7 Å². The number of nitrogens with zero attached hydrogens (tertiary/aromatic N) is 3. The van der Waals surface area contributed by atoms with Crippen molar-refractivity contribution in [2.45, 2.75) is 38.6 Å². The number of pyridine rings is 1. The zero-order chi connectivity index (χ0) is 17.1. The number of rotatable bonds is 3. The van der Waals surface area contributed by atoms with Crippen molar-refractivity contribution in [1.82, 2.24) is 14.8 Å². The number of amides is 2. The van der Waals surface area contributed by atoms with Gasteiger partial charge in [-0.25, -0.2) is 4.98 Å². The average Bonchev–Trinajstić information content (AvgIpc) is 3.15. The van der Waals surface area contributed by atoms with Crippen LogP contribution in [0.1, 0.15) is 53.6 Å². The summed E-state index contributed by atoms with van der Waals surface area (Å²) in [7, 11) is 0. The molecule has 2 unspecified atom stereocenters. The molecule has 3 rings (SSSR count). The van der Waals surface area contributed by atoms with Crippen LogP contribution in [0.25, 0.3) is 0 Å². The summed E-state index contributed by atoms with van der Waals surface area (Å²) in [5, 5.41) is 0. The van der Waals surface area contributed by atoms with Crippen LogP contribution in [0.4, 0.5) is 0 Å². The largest absolute Gasteiger partial charge is 0.337 e. The van der Waals surface area contributed by atoms with Crippen LogP contribution in [-0.4, -0.2) is 58.8 Å². The smallest absolute Gasteiger partial charge is 0.272 e. The molecule has 0 aliphatic carbocycles. The Labute approximate surface area is 155 Å². The molecule has 0 spiro atoms. The highest BCUT2D eigenvalue weighted by Crippen LogP contribution is 2.23. The monoisotopic (exact) mass is 366 g/mol. The van der Waals surface area contributed by atoms with Gasteiger partial charge in [0, 0.05) is 32.2 Å². The van der Waals surface area contributed by atoms with Gasteiger partial charge in [0.05, 0.1) is 0 Å². The first kappa shape index (κ1) is 19.7. The molecule has 25 heavy (non-hydrogen) atoms. The lowest BCUT2D eigenvalue weighted by atomic mass is 9.92. The lowest BCUT2D eigenvalue weighted by Crippen LogP contribution is -2.49. The summed E-state index contributed by atoms with van der Waals surface area (Å²) >= 11 is 0. The van der Waals surface area contributed by atoms with Gasteiger partial charge in [0.25, 0.3) is 11.8 Å². The van der Waals surface area contributed by atoms with Crippen LogP contribution in [0.15, 0.2) is 18.2 Å². The Kier molecular flexibility index (Phi) is 6.79. The third-order valence-electron chi connectivity index (χ3n) is 5.09. The van der Waals surface area contributed by atoms with E-state index in [0.29, 0.717) is 30.4 Å². The Morgan fingerprint density at radius 1 is 1.16 bits per heavy atom. The van der Waals surface area contributed by atoms with E-state index in [2.05, 4.69) is 11.9 Å². The van der Waals surface area contributed by atoms with E-state index >= 15 is 0 Å². The maximum atomic E-state index is 12.9. The standard InChI is InChI=1S/C18H26N4O2.ClH/c1-13-7-10-22(14(11-13)12-19)18(24)16-6-4-5-15(20-16)17(23)21-8-2-3-9-21;/h4-6,13-14H,2-3,7-12,19H2,1H3;1H. The normalized spacial score (nSPS) is 23.3. The van der Waals surface area contributed by atoms with E-state index in [0.717, 1.165) is 38.8 Å². The van der Waals surface area contributed by atoms with Crippen molar-refractivity contribution in [3.63, 3.8) is 0 Å². The van der Waals surface area contributed by atoms with Gasteiger partial charge in [0.15, 0.2) is 0 Å². The molecule has 2 aliphatic rings. The fourth-order valence-electron chi connectivity index (χ4n) is 3.64. The number of carbonyl (C=O) groups is 2. The first-order valence-electron chi connectivity index (χ1n) is 8.87. The van der Waals surface area contributed by atoms with Crippen LogP contribution in [0.5, 0.6) is 0 Å². The molecular formula is C18H27ClN4O2. The van der Waals surface area contributed by atoms with Crippen LogP contribution in [0.3, 0.4) is 0 Å². The molecular weight excluding hydrogens is 340 g/mol. The number of likely N-dealkylation sites (tertiary alicyclic amines) is 2. The predicted molar refractivity (Wildman–Crippen MR) is 98.9 cm³/mol. The fraction of sp³-hybridized carbons (Fsp3) is 0.611. The molecule has 1 aromatic heterocycles. The van der Waals surface area contributed by atoms with E-state index in [9.17, 15) is 9.59 Å². The summed E-state index contributed by atoms with van der Waals surface area (Å²) < 4.78 is 0. The van der Waals surface area contributed by atoms with Gasteiger partial charge in [-0.2, -0.15) is 0 Å². The molecule has 138 valence electrons. The minimum absolute atomic E-state index is 0. The van der Waals surface area contributed by atoms with Crippen LogP contribution >= 0.6 is 12.4 Å². The number of carbonyl (C=O) groups excluding carboxylic acids is 2. The average molecular weight is 367 g/mol. The third-order valence-corrected chi connectivity index (χ3v) is 5.09. The summed E-state index contributed by atoms with van der Waals surface area (Å²) in [4.78, 5) is 33.3. The number of aromatic nitrogens is 1. The molecule has 1 aromatic rings. The minimum Gasteiger partial charge on any atom is -0.337 e. The van der Waals surface area contributed by atoms with Gasteiger partial charge >= 0.3 is 0 Å². The SMILES string of the molecule is CC1CCN(C(=O)c2cccc(C(=O)N3CCCC3)n2)C(CN)C1.Cl. The molecule has 2 amide bonds. The molecule has 0 aromatic carbocycles. The van der Waals surface area contributed by atoms with Crippen molar-refractivity contribution >= 4 is 24.2 Å². The molecule has 2 saturated heterocycles. The van der Waals surface area contributed by atoms with E-state index < -0.39 is 0 Å². The molecule has 0 bridgehead atoms. The first-order chi connectivity index (χ1) is 11.6. The van der Waals surface area contributed by atoms with E-state index in [1.807, 2.05) is 9.80 Å². The van der Waals surface area contributed by atoms with Gasteiger partial charge in [-0.3, -0.25) is 9.59 Å². The Hall–Kier alpha value is -1.66. The topological polar surface area (TPSA) is 79.5 Å². The second-order valence-electron chi connectivity index (χ2n) is 6.92. The number of piperidine rings is 1. The van der Waals surface area contributed by atoms with Gasteiger partial charge in [0.2, 0.25) is 0 Å². The maximum Gasteiger partial charge on any atom is 0.272 e. The summed E-state index contributed by atoms with van der Waals surface area (Å²) in [6.45, 7) is 4.91. The minimum atomic E-state index is -0.117. The molecule has 7 heteroatoms. The van der Waals surface area contributed by atoms with Crippen LogP contribution in [0.2, 0.25) is 0 Å². The summed E-state index contributed by atoms with van der Waals surface area (Å²) in [6.07, 6.45) is 3.98. The second-order valence-corrected chi connectivity index (χ2v) is 6.92. The van der Waals surface area contributed by atoms with Crippen molar-refractivity contribution in [2.75, 3.05) is 26.2 Å². The number of halogens is 1. The fourth-order valence-corrected chi connectivity index (χ4v) is 3.64. The molecule has 3 heterocycles. The third kappa shape index (κ3) is 4.30. The Morgan fingerprint density at radius 2 is 1.80 bits per heavy atom. The number of nitrogens with two attached hydrogens (primary N) is 1. The molecule has 2 aliphatic heterocycles. The van der Waals surface area contributed by atoms with Gasteiger partial charge in [-0.1, -0.05) is 13.0 Å². The Bertz CT molecular complexity index is 619. The van der Waals surface area contributed by atoms with E-state index in [1.165, 1.54) is 0 Å². The predicted octanol–water partition coefficient (Wildman–Crippen LogP) is 1.94.